The lowest BCUT2D eigenvalue weighted by Gasteiger charge is -2.00. The summed E-state index contributed by atoms with van der Waals surface area (Å²) in [5.74, 6) is 0.661. The van der Waals surface area contributed by atoms with E-state index in [0.717, 1.165) is 17.2 Å². The van der Waals surface area contributed by atoms with Gasteiger partial charge in [-0.15, -0.1) is 39.5 Å². The Morgan fingerprint density at radius 1 is 1.45 bits per heavy atom. The highest BCUT2D eigenvalue weighted by atomic mass is 32.2. The summed E-state index contributed by atoms with van der Waals surface area (Å²) in [7, 11) is 0. The summed E-state index contributed by atoms with van der Waals surface area (Å²) in [4.78, 5) is 1.25. The van der Waals surface area contributed by atoms with E-state index in [0.29, 0.717) is 5.75 Å². The predicted molar refractivity (Wildman–Crippen MR) is 92.0 cm³/mol. The highest BCUT2D eigenvalue weighted by Crippen LogP contribution is 2.39. The first-order chi connectivity index (χ1) is 9.56. The van der Waals surface area contributed by atoms with Crippen LogP contribution in [-0.4, -0.2) is 21.6 Å². The van der Waals surface area contributed by atoms with Crippen molar-refractivity contribution in [3.8, 4) is 0 Å². The minimum absolute atomic E-state index is 0.176. The van der Waals surface area contributed by atoms with E-state index >= 15 is 0 Å². The van der Waals surface area contributed by atoms with E-state index in [1.54, 1.807) is 22.7 Å². The molecule has 0 saturated heterocycles. The second-order valence-electron chi connectivity index (χ2n) is 4.71. The maximum Gasteiger partial charge on any atom is 0.102 e. The summed E-state index contributed by atoms with van der Waals surface area (Å²) < 4.78 is 1.36. The molecule has 2 aromatic rings. The highest BCUT2D eigenvalue weighted by Gasteiger charge is 2.21. The van der Waals surface area contributed by atoms with Crippen molar-refractivity contribution in [1.82, 2.24) is 0 Å². The van der Waals surface area contributed by atoms with Crippen LogP contribution in [-0.2, 0) is 0 Å². The zero-order valence-electron chi connectivity index (χ0n) is 11.3. The van der Waals surface area contributed by atoms with Crippen molar-refractivity contribution in [3.63, 3.8) is 0 Å². The van der Waals surface area contributed by atoms with Gasteiger partial charge in [-0.25, -0.2) is 0 Å². The molecule has 20 heavy (non-hydrogen) atoms. The molecule has 0 spiro atoms. The normalized spacial score (nSPS) is 14.7. The molecule has 6 heteroatoms. The minimum atomic E-state index is 0.176. The topological polar surface area (TPSA) is 45.0 Å². The van der Waals surface area contributed by atoms with E-state index in [-0.39, 0.29) is 5.76 Å². The van der Waals surface area contributed by atoms with Crippen LogP contribution in [0, 0.1) is 13.8 Å². The van der Waals surface area contributed by atoms with Gasteiger partial charge in [0, 0.05) is 11.8 Å². The van der Waals surface area contributed by atoms with E-state index in [4.69, 9.17) is 5.11 Å². The SMILES string of the molecule is C=C(O)CSC1=NN=C(c2sc3scc(C)c3c2C)C1. The summed E-state index contributed by atoms with van der Waals surface area (Å²) in [6, 6.07) is 0. The van der Waals surface area contributed by atoms with Gasteiger partial charge in [0.25, 0.3) is 0 Å². The van der Waals surface area contributed by atoms with Crippen LogP contribution >= 0.6 is 34.4 Å². The molecule has 0 aromatic carbocycles. The van der Waals surface area contributed by atoms with Crippen LogP contribution in [0.1, 0.15) is 22.4 Å². The van der Waals surface area contributed by atoms with Crippen LogP contribution in [0.3, 0.4) is 0 Å². The molecular formula is C14H14N2OS3. The summed E-state index contributed by atoms with van der Waals surface area (Å²) in [5.41, 5.74) is 3.70. The molecule has 0 atom stereocenters. The number of hydrogen-bond acceptors (Lipinski definition) is 6. The lowest BCUT2D eigenvalue weighted by molar-refractivity contribution is 0.420. The molecule has 0 aliphatic carbocycles. The Labute approximate surface area is 129 Å². The zero-order valence-corrected chi connectivity index (χ0v) is 13.7. The molecule has 2 aromatic heterocycles. The van der Waals surface area contributed by atoms with E-state index in [1.807, 2.05) is 0 Å². The monoisotopic (exact) mass is 322 g/mol. The number of aliphatic hydroxyl groups excluding tert-OH is 1. The van der Waals surface area contributed by atoms with Gasteiger partial charge >= 0.3 is 0 Å². The molecule has 0 radical (unpaired) electrons. The fraction of sp³-hybridized carbons (Fsp3) is 0.286. The number of nitrogens with zero attached hydrogens (tertiary/aromatic N) is 2. The minimum Gasteiger partial charge on any atom is -0.512 e. The van der Waals surface area contributed by atoms with Crippen LogP contribution in [0.5, 0.6) is 0 Å². The first-order valence-electron chi connectivity index (χ1n) is 6.16. The lowest BCUT2D eigenvalue weighted by atomic mass is 10.1. The van der Waals surface area contributed by atoms with Crippen molar-refractivity contribution in [2.75, 3.05) is 5.75 Å². The Morgan fingerprint density at radius 2 is 2.25 bits per heavy atom. The fourth-order valence-corrected chi connectivity index (χ4v) is 5.38. The number of thiophene rings is 2. The largest absolute Gasteiger partial charge is 0.512 e. The van der Waals surface area contributed by atoms with Crippen molar-refractivity contribution in [1.29, 1.82) is 0 Å². The molecule has 104 valence electrons. The Balaban J connectivity index is 1.81. The smallest absolute Gasteiger partial charge is 0.102 e. The maximum absolute atomic E-state index is 9.13. The van der Waals surface area contributed by atoms with Gasteiger partial charge in [0.2, 0.25) is 0 Å². The number of fused-ring (bicyclic) bond motifs is 1. The first-order valence-corrected chi connectivity index (χ1v) is 8.85. The Morgan fingerprint density at radius 3 is 2.95 bits per heavy atom. The molecule has 3 heterocycles. The third-order valence-electron chi connectivity index (χ3n) is 3.12. The van der Waals surface area contributed by atoms with Gasteiger partial charge in [-0.05, 0) is 30.4 Å². The lowest BCUT2D eigenvalue weighted by Crippen LogP contribution is -2.01. The van der Waals surface area contributed by atoms with Crippen molar-refractivity contribution < 1.29 is 5.11 Å². The molecule has 0 fully saturated rings. The maximum atomic E-state index is 9.13. The van der Waals surface area contributed by atoms with Gasteiger partial charge in [-0.3, -0.25) is 0 Å². The third kappa shape index (κ3) is 2.43. The van der Waals surface area contributed by atoms with Crippen LogP contribution in [0.2, 0.25) is 0 Å². The van der Waals surface area contributed by atoms with E-state index in [2.05, 4.69) is 36.0 Å². The second-order valence-corrected chi connectivity index (χ2v) is 7.92. The molecule has 1 aliphatic heterocycles. The third-order valence-corrected chi connectivity index (χ3v) is 6.72. The average Bonchev–Trinajstić information content (AvgIpc) is 3.06. The number of aryl methyl sites for hydroxylation is 2. The highest BCUT2D eigenvalue weighted by molar-refractivity contribution is 8.14. The average molecular weight is 322 g/mol. The van der Waals surface area contributed by atoms with Crippen molar-refractivity contribution in [3.05, 3.63) is 33.7 Å². The van der Waals surface area contributed by atoms with E-state index < -0.39 is 0 Å². The standard InChI is InChI=1S/C14H14N2OS3/c1-7-5-19-14-12(7)9(3)13(20-14)10-4-11(16-15-10)18-6-8(2)17/h5,17H,2,4,6H2,1,3H3. The van der Waals surface area contributed by atoms with Gasteiger partial charge in [0.05, 0.1) is 26.1 Å². The zero-order chi connectivity index (χ0) is 14.3. The number of thioether (sulfide) groups is 1. The number of aliphatic hydroxyl groups is 1. The van der Waals surface area contributed by atoms with Gasteiger partial charge in [-0.2, -0.15) is 5.10 Å². The Kier molecular flexibility index (Phi) is 3.70. The van der Waals surface area contributed by atoms with Crippen LogP contribution in [0.15, 0.2) is 27.9 Å². The molecule has 0 bridgehead atoms. The van der Waals surface area contributed by atoms with Crippen LogP contribution in [0.25, 0.3) is 9.40 Å². The molecule has 0 unspecified atom stereocenters. The van der Waals surface area contributed by atoms with Gasteiger partial charge in [0.1, 0.15) is 5.04 Å². The number of rotatable bonds is 3. The molecule has 0 saturated carbocycles. The quantitative estimate of drug-likeness (QED) is 0.818. The van der Waals surface area contributed by atoms with Crippen LogP contribution < -0.4 is 0 Å². The summed E-state index contributed by atoms with van der Waals surface area (Å²) >= 11 is 5.11. The fourth-order valence-electron chi connectivity index (χ4n) is 2.21. The van der Waals surface area contributed by atoms with Crippen molar-refractivity contribution >= 4 is 54.6 Å². The first kappa shape index (κ1) is 13.9. The Bertz CT molecular complexity index is 752. The van der Waals surface area contributed by atoms with Crippen LogP contribution in [0.4, 0.5) is 0 Å². The summed E-state index contributed by atoms with van der Waals surface area (Å²) in [6.07, 6.45) is 0.756. The van der Waals surface area contributed by atoms with Gasteiger partial charge in [-0.1, -0.05) is 6.58 Å². The Hall–Kier alpha value is -1.11. The molecule has 0 amide bonds. The number of hydrogen-bond donors (Lipinski definition) is 1. The molecule has 1 aliphatic rings. The van der Waals surface area contributed by atoms with Gasteiger partial charge in [0.15, 0.2) is 0 Å². The molecular weight excluding hydrogens is 308 g/mol. The predicted octanol–water partition coefficient (Wildman–Crippen LogP) is 4.89. The molecule has 3 rings (SSSR count). The van der Waals surface area contributed by atoms with Crippen molar-refractivity contribution in [2.24, 2.45) is 10.2 Å². The van der Waals surface area contributed by atoms with E-state index in [9.17, 15) is 0 Å². The summed E-state index contributed by atoms with van der Waals surface area (Å²) in [5, 5.41) is 22.2. The van der Waals surface area contributed by atoms with Gasteiger partial charge < -0.3 is 5.11 Å². The van der Waals surface area contributed by atoms with E-state index in [1.165, 1.54) is 37.2 Å². The molecule has 1 N–H and O–H groups in total. The summed E-state index contributed by atoms with van der Waals surface area (Å²) in [6.45, 7) is 7.80. The van der Waals surface area contributed by atoms with Crippen molar-refractivity contribution in [2.45, 2.75) is 20.3 Å². The molecule has 3 nitrogen and oxygen atoms in total. The second kappa shape index (κ2) is 5.35.